The largest absolute Gasteiger partial charge is 0.368 e. The van der Waals surface area contributed by atoms with Crippen molar-refractivity contribution < 1.29 is 19.1 Å². The van der Waals surface area contributed by atoms with Crippen molar-refractivity contribution in [3.63, 3.8) is 0 Å². The van der Waals surface area contributed by atoms with E-state index in [-0.39, 0.29) is 46.8 Å². The summed E-state index contributed by atoms with van der Waals surface area (Å²) in [5.41, 5.74) is -1.49. The average Bonchev–Trinajstić information content (AvgIpc) is 1.44. The van der Waals surface area contributed by atoms with Crippen LogP contribution in [0.1, 0.15) is 451 Å². The Balaban J connectivity index is 1.10. The second kappa shape index (κ2) is 44.0. The molecule has 502 valence electrons. The molecule has 4 nitrogen and oxygen atoms in total. The van der Waals surface area contributed by atoms with Crippen molar-refractivity contribution in [3.8, 4) is 0 Å². The van der Waals surface area contributed by atoms with Gasteiger partial charge in [-0.15, -0.1) is 0 Å². The molecule has 0 radical (unpaired) electrons. The van der Waals surface area contributed by atoms with Gasteiger partial charge in [0.25, 0.3) is 0 Å². The third-order valence-electron chi connectivity index (χ3n) is 25.0. The van der Waals surface area contributed by atoms with E-state index < -0.39 is 10.8 Å². The summed E-state index contributed by atoms with van der Waals surface area (Å²) in [5, 5.41) is 0. The minimum Gasteiger partial charge on any atom is -0.368 e. The highest BCUT2D eigenvalue weighted by Gasteiger charge is 2.80. The Bertz CT molecular complexity index is 1520. The zero-order valence-corrected chi connectivity index (χ0v) is 58.8. The lowest BCUT2D eigenvalue weighted by Gasteiger charge is -2.61. The second-order valence-corrected chi connectivity index (χ2v) is 31.6. The standard InChI is InChI=1S/C82H150O4/c1-5-9-13-17-21-25-29-33-37-41-45-49-53-57-63-79(64-58-54-50-46-42-38-34-30-26-22-18-14-10-6-2)69-71-61-67-81(79,77-73(71)85-77)75(83)76(84)82-68-62-72(74-78(82)86-74)70-80(82,65-59-55-51-47-43-39-35-31-27-23-19-15-11-7-3)66-60-56-52-48-44-40-36-32-28-24-20-16-12-8-4/h71-74,77-78H,5-70H2,1-4H3. The van der Waals surface area contributed by atoms with Crippen LogP contribution >= 0.6 is 0 Å². The molecule has 0 aromatic rings. The van der Waals surface area contributed by atoms with Crippen LogP contribution in [0.4, 0.5) is 0 Å². The number of fused-ring (bicyclic) bond motifs is 4. The Hall–Kier alpha value is -0.740. The first kappa shape index (κ1) is 74.3. The number of ether oxygens (including phenoxy) is 2. The van der Waals surface area contributed by atoms with Crippen molar-refractivity contribution in [1.29, 1.82) is 0 Å². The van der Waals surface area contributed by atoms with Gasteiger partial charge in [-0.3, -0.25) is 9.59 Å². The lowest BCUT2D eigenvalue weighted by molar-refractivity contribution is -0.175. The number of carbonyl (C=O) groups excluding carboxylic acids is 2. The first-order chi connectivity index (χ1) is 42.4. The summed E-state index contributed by atoms with van der Waals surface area (Å²) in [6.07, 6.45) is 88.1. The van der Waals surface area contributed by atoms with Crippen molar-refractivity contribution >= 4 is 11.6 Å². The molecule has 4 heteroatoms. The van der Waals surface area contributed by atoms with Crippen molar-refractivity contribution in [3.05, 3.63) is 0 Å². The number of Topliss-reactive ketones (excluding diaryl/α,β-unsaturated/α-hetero) is 2. The smallest absolute Gasteiger partial charge is 0.208 e. The van der Waals surface area contributed by atoms with Crippen molar-refractivity contribution in [1.82, 2.24) is 0 Å². The fourth-order valence-electron chi connectivity index (χ4n) is 19.7. The van der Waals surface area contributed by atoms with Gasteiger partial charge in [0, 0.05) is 0 Å². The Kier molecular flexibility index (Phi) is 38.0. The van der Waals surface area contributed by atoms with E-state index in [1.54, 1.807) is 0 Å². The van der Waals surface area contributed by atoms with E-state index in [0.29, 0.717) is 11.8 Å². The predicted molar refractivity (Wildman–Crippen MR) is 371 cm³/mol. The summed E-state index contributed by atoms with van der Waals surface area (Å²) >= 11 is 0. The van der Waals surface area contributed by atoms with Crippen LogP contribution in [0.25, 0.3) is 0 Å². The predicted octanol–water partition coefficient (Wildman–Crippen LogP) is 26.7. The van der Waals surface area contributed by atoms with E-state index in [0.717, 1.165) is 64.2 Å². The number of hydrogen-bond acceptors (Lipinski definition) is 4. The molecule has 2 heterocycles. The maximum atomic E-state index is 16.7. The van der Waals surface area contributed by atoms with Gasteiger partial charge in [-0.25, -0.2) is 0 Å². The fraction of sp³-hybridized carbons (Fsp3) is 0.976. The van der Waals surface area contributed by atoms with Crippen LogP contribution in [0.3, 0.4) is 0 Å². The zero-order valence-electron chi connectivity index (χ0n) is 58.8. The van der Waals surface area contributed by atoms with Gasteiger partial charge in [0.05, 0.1) is 35.2 Å². The lowest BCUT2D eigenvalue weighted by atomic mass is 9.39. The normalized spacial score (nSPS) is 25.4. The molecule has 0 aromatic heterocycles. The van der Waals surface area contributed by atoms with Gasteiger partial charge in [-0.2, -0.15) is 0 Å². The van der Waals surface area contributed by atoms with Crippen molar-refractivity contribution in [2.75, 3.05) is 0 Å². The molecule has 6 aliphatic carbocycles. The molecule has 0 spiro atoms. The molecular formula is C82H150O4. The Morgan fingerprint density at radius 2 is 0.442 bits per heavy atom. The summed E-state index contributed by atoms with van der Waals surface area (Å²) < 4.78 is 13.8. The summed E-state index contributed by atoms with van der Waals surface area (Å²) in [6.45, 7) is 9.28. The number of carbonyl (C=O) groups is 2. The van der Waals surface area contributed by atoms with Gasteiger partial charge in [-0.05, 0) is 86.9 Å². The molecule has 8 fully saturated rings. The number of hydrogen-bond donors (Lipinski definition) is 0. The van der Waals surface area contributed by atoms with Gasteiger partial charge in [0.1, 0.15) is 0 Å². The van der Waals surface area contributed by atoms with Crippen LogP contribution in [0, 0.1) is 33.5 Å². The van der Waals surface area contributed by atoms with Gasteiger partial charge in [-0.1, -0.05) is 387 Å². The maximum Gasteiger partial charge on any atom is 0.208 e. The summed E-state index contributed by atoms with van der Waals surface area (Å²) in [4.78, 5) is 33.3. The van der Waals surface area contributed by atoms with Gasteiger partial charge in [0.15, 0.2) is 0 Å². The highest BCUT2D eigenvalue weighted by Crippen LogP contribution is 2.75. The van der Waals surface area contributed by atoms with Crippen LogP contribution in [-0.4, -0.2) is 36.0 Å². The van der Waals surface area contributed by atoms with Gasteiger partial charge >= 0.3 is 0 Å². The Morgan fingerprint density at radius 1 is 0.267 bits per heavy atom. The minimum absolute atomic E-state index is 0.0250. The van der Waals surface area contributed by atoms with Crippen LogP contribution in [0.5, 0.6) is 0 Å². The third-order valence-corrected chi connectivity index (χ3v) is 25.0. The molecular weight excluding hydrogens is 1050 g/mol. The molecule has 8 atom stereocenters. The summed E-state index contributed by atoms with van der Waals surface area (Å²) in [7, 11) is 0. The summed E-state index contributed by atoms with van der Waals surface area (Å²) in [5.74, 6) is 1.31. The third kappa shape index (κ3) is 23.4. The quantitative estimate of drug-likeness (QED) is 0.0346. The van der Waals surface area contributed by atoms with E-state index in [2.05, 4.69) is 27.7 Å². The van der Waals surface area contributed by atoms with E-state index in [9.17, 15) is 0 Å². The van der Waals surface area contributed by atoms with Crippen LogP contribution in [0.15, 0.2) is 0 Å². The fourth-order valence-corrected chi connectivity index (χ4v) is 19.7. The molecule has 0 N–H and O–H groups in total. The van der Waals surface area contributed by atoms with Gasteiger partial charge in [0.2, 0.25) is 11.6 Å². The van der Waals surface area contributed by atoms with Crippen LogP contribution in [-0.2, 0) is 19.1 Å². The SMILES string of the molecule is CCCCCCCCCCCCCCCCC1(CCCCCCCCCCCCCCCC)CC2CCC1(C(=O)C(=O)C13CCC(CC1(CCCCCCCCCCCCCCCC)CCCCCCCCCCCCCCCC)C1OC13)C1OC21. The molecule has 2 saturated heterocycles. The summed E-state index contributed by atoms with van der Waals surface area (Å²) in [6, 6.07) is 0. The molecule has 0 amide bonds. The van der Waals surface area contributed by atoms with E-state index >= 15 is 9.59 Å². The van der Waals surface area contributed by atoms with Gasteiger partial charge < -0.3 is 9.47 Å². The molecule has 2 aliphatic heterocycles. The Morgan fingerprint density at radius 3 is 0.628 bits per heavy atom. The monoisotopic (exact) mass is 1200 g/mol. The number of ketones is 2. The topological polar surface area (TPSA) is 59.2 Å². The van der Waals surface area contributed by atoms with E-state index in [4.69, 9.17) is 9.47 Å². The van der Waals surface area contributed by atoms with Crippen LogP contribution in [0.2, 0.25) is 0 Å². The van der Waals surface area contributed by atoms with E-state index in [1.165, 1.54) is 360 Å². The Labute approximate surface area is 537 Å². The highest BCUT2D eigenvalue weighted by atomic mass is 16.6. The van der Waals surface area contributed by atoms with Crippen LogP contribution < -0.4 is 0 Å². The molecule has 8 rings (SSSR count). The number of epoxide rings is 2. The molecule has 6 saturated carbocycles. The molecule has 0 aromatic carbocycles. The number of unbranched alkanes of at least 4 members (excludes halogenated alkanes) is 52. The average molecular weight is 1200 g/mol. The maximum absolute atomic E-state index is 16.7. The highest BCUT2D eigenvalue weighted by molar-refractivity contribution is 6.42. The lowest BCUT2D eigenvalue weighted by Crippen LogP contribution is -2.67. The second-order valence-electron chi connectivity index (χ2n) is 31.6. The molecule has 4 bridgehead atoms. The molecule has 8 unspecified atom stereocenters. The van der Waals surface area contributed by atoms with E-state index in [1.807, 2.05) is 0 Å². The number of rotatable bonds is 63. The van der Waals surface area contributed by atoms with Crippen molar-refractivity contribution in [2.24, 2.45) is 33.5 Å². The first-order valence-corrected chi connectivity index (χ1v) is 40.8. The molecule has 86 heavy (non-hydrogen) atoms. The zero-order chi connectivity index (χ0) is 60.7. The first-order valence-electron chi connectivity index (χ1n) is 40.8. The minimum atomic E-state index is -0.639. The van der Waals surface area contributed by atoms with Crippen molar-refractivity contribution in [2.45, 2.75) is 476 Å². The molecule has 8 aliphatic rings.